The number of nitrogens with zero attached hydrogens (tertiary/aromatic N) is 2. The van der Waals surface area contributed by atoms with E-state index in [1.54, 1.807) is 18.2 Å². The number of allylic oxidation sites excluding steroid dienone is 2. The number of aromatic nitrogens is 2. The van der Waals surface area contributed by atoms with Gasteiger partial charge in [0.05, 0.1) is 5.69 Å². The Labute approximate surface area is 156 Å². The number of carbonyl (C=O) groups is 1. The molecule has 134 valence electrons. The van der Waals surface area contributed by atoms with Crippen LogP contribution in [0.4, 0.5) is 0 Å². The Kier molecular flexibility index (Phi) is 4.64. The van der Waals surface area contributed by atoms with Crippen molar-refractivity contribution in [1.82, 2.24) is 15.1 Å². The van der Waals surface area contributed by atoms with Crippen LogP contribution in [-0.4, -0.2) is 22.2 Å². The van der Waals surface area contributed by atoms with Crippen molar-refractivity contribution in [1.29, 1.82) is 0 Å². The first kappa shape index (κ1) is 17.0. The predicted molar refractivity (Wildman–Crippen MR) is 101 cm³/mol. The number of nitrogens with one attached hydrogen (secondary N) is 1. The highest BCUT2D eigenvalue weighted by Gasteiger charge is 2.35. The minimum atomic E-state index is -0.291. The average molecular weight is 370 g/mol. The van der Waals surface area contributed by atoms with Crippen molar-refractivity contribution >= 4 is 17.5 Å². The molecule has 0 radical (unpaired) electrons. The zero-order valence-electron chi connectivity index (χ0n) is 14.3. The van der Waals surface area contributed by atoms with Gasteiger partial charge in [-0.2, -0.15) is 5.10 Å². The molecule has 2 aliphatic rings. The third kappa shape index (κ3) is 3.58. The molecule has 0 aliphatic heterocycles. The highest BCUT2D eigenvalue weighted by Crippen LogP contribution is 2.42. The molecule has 1 saturated carbocycles. The lowest BCUT2D eigenvalue weighted by molar-refractivity contribution is -0.122. The van der Waals surface area contributed by atoms with Crippen molar-refractivity contribution in [3.63, 3.8) is 0 Å². The first-order valence-electron chi connectivity index (χ1n) is 8.87. The summed E-state index contributed by atoms with van der Waals surface area (Å²) in [5.74, 6) is 1.61. The second-order valence-corrected chi connectivity index (χ2v) is 7.50. The van der Waals surface area contributed by atoms with E-state index in [1.807, 2.05) is 12.1 Å². The Bertz CT molecular complexity index is 904. The van der Waals surface area contributed by atoms with Gasteiger partial charge < -0.3 is 5.32 Å². The summed E-state index contributed by atoms with van der Waals surface area (Å²) < 4.78 is 1.21. The van der Waals surface area contributed by atoms with Gasteiger partial charge in [0.2, 0.25) is 5.91 Å². The van der Waals surface area contributed by atoms with E-state index in [9.17, 15) is 9.59 Å². The molecule has 1 heterocycles. The summed E-state index contributed by atoms with van der Waals surface area (Å²) in [6.45, 7) is 0.590. The third-order valence-corrected chi connectivity index (χ3v) is 5.53. The smallest absolute Gasteiger partial charge is 0.267 e. The Morgan fingerprint density at radius 2 is 1.96 bits per heavy atom. The molecule has 1 amide bonds. The van der Waals surface area contributed by atoms with Crippen LogP contribution >= 0.6 is 11.6 Å². The standard InChI is InChI=1S/C20H20ClN3O2/c21-17-5-3-14(4-6-17)18-7-8-20(26)24(23-18)12-19(25)22-11-16-10-13-1-2-15(16)9-13/h1-8,13,15-16H,9-12H2,(H,22,25)/t13-,15+,16-/m0/s1. The molecule has 1 fully saturated rings. The van der Waals surface area contributed by atoms with Crippen LogP contribution in [0.2, 0.25) is 5.02 Å². The lowest BCUT2D eigenvalue weighted by Crippen LogP contribution is -2.36. The van der Waals surface area contributed by atoms with Crippen LogP contribution in [-0.2, 0) is 11.3 Å². The van der Waals surface area contributed by atoms with E-state index in [1.165, 1.54) is 17.2 Å². The number of rotatable bonds is 5. The topological polar surface area (TPSA) is 64.0 Å². The molecule has 26 heavy (non-hydrogen) atoms. The molecule has 2 bridgehead atoms. The summed E-state index contributed by atoms with van der Waals surface area (Å²) in [4.78, 5) is 24.3. The van der Waals surface area contributed by atoms with Gasteiger partial charge >= 0.3 is 0 Å². The molecule has 5 nitrogen and oxygen atoms in total. The number of carbonyl (C=O) groups excluding carboxylic acids is 1. The van der Waals surface area contributed by atoms with Gasteiger partial charge in [-0.25, -0.2) is 4.68 Å². The number of benzene rings is 1. The average Bonchev–Trinajstić information content (AvgIpc) is 3.26. The van der Waals surface area contributed by atoms with Gasteiger partial charge in [-0.3, -0.25) is 9.59 Å². The fourth-order valence-electron chi connectivity index (χ4n) is 3.90. The molecule has 2 aromatic rings. The van der Waals surface area contributed by atoms with E-state index in [2.05, 4.69) is 22.6 Å². The van der Waals surface area contributed by atoms with E-state index >= 15 is 0 Å². The first-order valence-corrected chi connectivity index (χ1v) is 9.25. The molecular weight excluding hydrogens is 350 g/mol. The van der Waals surface area contributed by atoms with E-state index < -0.39 is 0 Å². The molecular formula is C20H20ClN3O2. The zero-order valence-corrected chi connectivity index (χ0v) is 15.0. The summed E-state index contributed by atoms with van der Waals surface area (Å²) in [7, 11) is 0. The number of amides is 1. The summed E-state index contributed by atoms with van der Waals surface area (Å²) in [6.07, 6.45) is 6.91. The van der Waals surface area contributed by atoms with E-state index in [0.29, 0.717) is 35.0 Å². The molecule has 0 unspecified atom stereocenters. The number of hydrogen-bond acceptors (Lipinski definition) is 3. The Morgan fingerprint density at radius 3 is 2.65 bits per heavy atom. The van der Waals surface area contributed by atoms with Crippen molar-refractivity contribution in [3.8, 4) is 11.3 Å². The van der Waals surface area contributed by atoms with Crippen molar-refractivity contribution in [2.75, 3.05) is 6.54 Å². The largest absolute Gasteiger partial charge is 0.354 e. The van der Waals surface area contributed by atoms with Crippen LogP contribution in [0.5, 0.6) is 0 Å². The van der Waals surface area contributed by atoms with Gasteiger partial charge in [0.15, 0.2) is 0 Å². The molecule has 3 atom stereocenters. The molecule has 1 aromatic carbocycles. The SMILES string of the molecule is O=C(Cn1nc(-c2ccc(Cl)cc2)ccc1=O)NC[C@@H]1C[C@H]2C=C[C@@H]1C2. The van der Waals surface area contributed by atoms with Crippen LogP contribution in [0.25, 0.3) is 11.3 Å². The zero-order chi connectivity index (χ0) is 18.1. The van der Waals surface area contributed by atoms with Gasteiger partial charge in [-0.05, 0) is 48.8 Å². The second-order valence-electron chi connectivity index (χ2n) is 7.07. The maximum atomic E-state index is 12.3. The molecule has 2 aliphatic carbocycles. The fourth-order valence-corrected chi connectivity index (χ4v) is 4.03. The van der Waals surface area contributed by atoms with Gasteiger partial charge in [0.25, 0.3) is 5.56 Å². The molecule has 4 rings (SSSR count). The molecule has 0 spiro atoms. The Morgan fingerprint density at radius 1 is 1.15 bits per heavy atom. The summed E-state index contributed by atoms with van der Waals surface area (Å²) in [5.41, 5.74) is 1.19. The fraction of sp³-hybridized carbons (Fsp3) is 0.350. The third-order valence-electron chi connectivity index (χ3n) is 5.28. The van der Waals surface area contributed by atoms with E-state index in [-0.39, 0.29) is 18.0 Å². The molecule has 1 aromatic heterocycles. The van der Waals surface area contributed by atoms with Gasteiger partial charge in [-0.1, -0.05) is 35.9 Å². The Hall–Kier alpha value is -2.40. The number of hydrogen-bond donors (Lipinski definition) is 1. The quantitative estimate of drug-likeness (QED) is 0.824. The maximum Gasteiger partial charge on any atom is 0.267 e. The van der Waals surface area contributed by atoms with Gasteiger partial charge in [0, 0.05) is 23.2 Å². The lowest BCUT2D eigenvalue weighted by atomic mass is 9.94. The molecule has 6 heteroatoms. The predicted octanol–water partition coefficient (Wildman–Crippen LogP) is 2.89. The van der Waals surface area contributed by atoms with Crippen molar-refractivity contribution in [2.45, 2.75) is 19.4 Å². The lowest BCUT2D eigenvalue weighted by Gasteiger charge is -2.18. The highest BCUT2D eigenvalue weighted by atomic mass is 35.5. The van der Waals surface area contributed by atoms with Crippen molar-refractivity contribution in [2.24, 2.45) is 17.8 Å². The maximum absolute atomic E-state index is 12.3. The second kappa shape index (κ2) is 7.08. The number of halogens is 1. The van der Waals surface area contributed by atoms with E-state index in [0.717, 1.165) is 12.0 Å². The van der Waals surface area contributed by atoms with Crippen LogP contribution in [0.3, 0.4) is 0 Å². The minimum absolute atomic E-state index is 0.0725. The van der Waals surface area contributed by atoms with Gasteiger partial charge in [0.1, 0.15) is 6.54 Å². The van der Waals surface area contributed by atoms with Crippen LogP contribution in [0.1, 0.15) is 12.8 Å². The molecule has 0 saturated heterocycles. The summed E-state index contributed by atoms with van der Waals surface area (Å²) >= 11 is 5.90. The van der Waals surface area contributed by atoms with Crippen molar-refractivity contribution in [3.05, 3.63) is 63.9 Å². The summed E-state index contributed by atoms with van der Waals surface area (Å²) in [6, 6.07) is 10.3. The number of fused-ring (bicyclic) bond motifs is 2. The van der Waals surface area contributed by atoms with Crippen LogP contribution in [0.15, 0.2) is 53.3 Å². The highest BCUT2D eigenvalue weighted by molar-refractivity contribution is 6.30. The van der Waals surface area contributed by atoms with Crippen LogP contribution < -0.4 is 10.9 Å². The minimum Gasteiger partial charge on any atom is -0.354 e. The first-order chi connectivity index (χ1) is 12.6. The summed E-state index contributed by atoms with van der Waals surface area (Å²) in [5, 5.41) is 7.92. The van der Waals surface area contributed by atoms with Crippen molar-refractivity contribution < 1.29 is 4.79 Å². The van der Waals surface area contributed by atoms with E-state index in [4.69, 9.17) is 11.6 Å². The van der Waals surface area contributed by atoms with Gasteiger partial charge in [-0.15, -0.1) is 0 Å². The van der Waals surface area contributed by atoms with Crippen LogP contribution in [0, 0.1) is 17.8 Å². The normalized spacial score (nSPS) is 23.3. The molecule has 1 N–H and O–H groups in total. The Balaban J connectivity index is 1.41. The monoisotopic (exact) mass is 369 g/mol.